The van der Waals surface area contributed by atoms with E-state index < -0.39 is 0 Å². The van der Waals surface area contributed by atoms with E-state index in [-0.39, 0.29) is 22.8 Å². The molecule has 1 atom stereocenters. The Morgan fingerprint density at radius 3 is 2.88 bits per heavy atom. The minimum Gasteiger partial charge on any atom is -0.348 e. The minimum atomic E-state index is -0.192. The van der Waals surface area contributed by atoms with E-state index in [2.05, 4.69) is 29.1 Å². The van der Waals surface area contributed by atoms with E-state index in [1.807, 2.05) is 0 Å². The Morgan fingerprint density at radius 2 is 2.29 bits per heavy atom. The van der Waals surface area contributed by atoms with Gasteiger partial charge in [0.2, 0.25) is 0 Å². The summed E-state index contributed by atoms with van der Waals surface area (Å²) < 4.78 is 0. The molecule has 0 spiro atoms. The van der Waals surface area contributed by atoms with Gasteiger partial charge in [-0.25, -0.2) is 4.98 Å². The smallest absolute Gasteiger partial charge is 0.271 e. The predicted octanol–water partition coefficient (Wildman–Crippen LogP) is 2.44. The van der Waals surface area contributed by atoms with Gasteiger partial charge in [0.25, 0.3) is 5.91 Å². The number of nitrogens with zero attached hydrogens (tertiary/aromatic N) is 2. The van der Waals surface area contributed by atoms with Gasteiger partial charge in [-0.1, -0.05) is 25.4 Å². The van der Waals surface area contributed by atoms with Gasteiger partial charge in [0.05, 0.1) is 12.4 Å². The first-order chi connectivity index (χ1) is 7.96. The molecule has 1 aromatic heterocycles. The van der Waals surface area contributed by atoms with Crippen LogP contribution in [0.4, 0.5) is 0 Å². The van der Waals surface area contributed by atoms with Crippen molar-refractivity contribution in [3.63, 3.8) is 0 Å². The van der Waals surface area contributed by atoms with E-state index in [0.717, 1.165) is 19.3 Å². The molecule has 0 aliphatic heterocycles. The number of hydrogen-bond donors (Lipinski definition) is 1. The van der Waals surface area contributed by atoms with Crippen LogP contribution in [0, 0.1) is 5.41 Å². The first kappa shape index (κ1) is 12.3. The second-order valence-electron chi connectivity index (χ2n) is 5.30. The standard InChI is InChI=1S/C12H16ClN3O/c1-12(2)4-3-8(5-12)15-11(17)9-6-14-7-10(13)16-9/h6-8H,3-5H2,1-2H3,(H,15,17). The summed E-state index contributed by atoms with van der Waals surface area (Å²) in [5.74, 6) is -0.192. The van der Waals surface area contributed by atoms with Crippen LogP contribution in [0.2, 0.25) is 5.15 Å². The van der Waals surface area contributed by atoms with Crippen LogP contribution >= 0.6 is 11.6 Å². The van der Waals surface area contributed by atoms with Crippen LogP contribution in [-0.2, 0) is 0 Å². The average Bonchev–Trinajstić information content (AvgIpc) is 2.58. The van der Waals surface area contributed by atoms with Crippen molar-refractivity contribution in [2.45, 2.75) is 39.2 Å². The first-order valence-corrected chi connectivity index (χ1v) is 6.12. The molecule has 1 aromatic rings. The first-order valence-electron chi connectivity index (χ1n) is 5.75. The molecule has 0 saturated heterocycles. The van der Waals surface area contributed by atoms with E-state index in [0.29, 0.717) is 5.41 Å². The highest BCUT2D eigenvalue weighted by Crippen LogP contribution is 2.36. The number of aromatic nitrogens is 2. The summed E-state index contributed by atoms with van der Waals surface area (Å²) in [6.45, 7) is 4.44. The molecule has 0 radical (unpaired) electrons. The Balaban J connectivity index is 1.98. The van der Waals surface area contributed by atoms with Crippen LogP contribution in [-0.4, -0.2) is 21.9 Å². The molecule has 17 heavy (non-hydrogen) atoms. The van der Waals surface area contributed by atoms with Crippen molar-refractivity contribution >= 4 is 17.5 Å². The van der Waals surface area contributed by atoms with Crippen LogP contribution < -0.4 is 5.32 Å². The third-order valence-corrected chi connectivity index (χ3v) is 3.32. The maximum atomic E-state index is 11.9. The molecule has 92 valence electrons. The molecule has 4 nitrogen and oxygen atoms in total. The largest absolute Gasteiger partial charge is 0.348 e. The summed E-state index contributed by atoms with van der Waals surface area (Å²) in [6.07, 6.45) is 6.01. The summed E-state index contributed by atoms with van der Waals surface area (Å²) >= 11 is 5.70. The molecule has 1 aliphatic carbocycles. The van der Waals surface area contributed by atoms with E-state index in [4.69, 9.17) is 11.6 Å². The monoisotopic (exact) mass is 253 g/mol. The highest BCUT2D eigenvalue weighted by molar-refractivity contribution is 6.29. The van der Waals surface area contributed by atoms with Gasteiger partial charge in [0, 0.05) is 6.04 Å². The average molecular weight is 254 g/mol. The zero-order valence-electron chi connectivity index (χ0n) is 10.0. The van der Waals surface area contributed by atoms with E-state index >= 15 is 0 Å². The van der Waals surface area contributed by atoms with E-state index in [1.165, 1.54) is 12.4 Å². The van der Waals surface area contributed by atoms with Crippen molar-refractivity contribution in [2.75, 3.05) is 0 Å². The molecule has 1 saturated carbocycles. The third kappa shape index (κ3) is 3.16. The molecule has 1 heterocycles. The van der Waals surface area contributed by atoms with Crippen molar-refractivity contribution in [2.24, 2.45) is 5.41 Å². The maximum absolute atomic E-state index is 11.9. The molecule has 1 N–H and O–H groups in total. The lowest BCUT2D eigenvalue weighted by atomic mass is 9.92. The highest BCUT2D eigenvalue weighted by Gasteiger charge is 2.31. The highest BCUT2D eigenvalue weighted by atomic mass is 35.5. The van der Waals surface area contributed by atoms with Crippen LogP contribution in [0.3, 0.4) is 0 Å². The van der Waals surface area contributed by atoms with Gasteiger partial charge in [-0.2, -0.15) is 0 Å². The van der Waals surface area contributed by atoms with Gasteiger partial charge in [-0.3, -0.25) is 9.78 Å². The number of carbonyl (C=O) groups excluding carboxylic acids is 1. The Hall–Kier alpha value is -1.16. The molecule has 0 aromatic carbocycles. The molecule has 1 amide bonds. The molecular formula is C12H16ClN3O. The van der Waals surface area contributed by atoms with Gasteiger partial charge < -0.3 is 5.32 Å². The zero-order valence-corrected chi connectivity index (χ0v) is 10.8. The van der Waals surface area contributed by atoms with Crippen molar-refractivity contribution in [3.05, 3.63) is 23.2 Å². The van der Waals surface area contributed by atoms with E-state index in [9.17, 15) is 4.79 Å². The lowest BCUT2D eigenvalue weighted by Crippen LogP contribution is -2.34. The summed E-state index contributed by atoms with van der Waals surface area (Å²) in [5.41, 5.74) is 0.597. The fourth-order valence-corrected chi connectivity index (χ4v) is 2.42. The van der Waals surface area contributed by atoms with Crippen LogP contribution in [0.1, 0.15) is 43.6 Å². The number of carbonyl (C=O) groups is 1. The van der Waals surface area contributed by atoms with Crippen LogP contribution in [0.15, 0.2) is 12.4 Å². The fourth-order valence-electron chi connectivity index (χ4n) is 2.27. The maximum Gasteiger partial charge on any atom is 0.271 e. The Labute approximate surface area is 106 Å². The van der Waals surface area contributed by atoms with Gasteiger partial charge in [-0.15, -0.1) is 0 Å². The van der Waals surface area contributed by atoms with Gasteiger partial charge in [-0.05, 0) is 24.7 Å². The molecule has 1 fully saturated rings. The van der Waals surface area contributed by atoms with E-state index in [1.54, 1.807) is 0 Å². The Kier molecular flexibility index (Phi) is 3.33. The Bertz CT molecular complexity index is 434. The normalized spacial score (nSPS) is 22.4. The minimum absolute atomic E-state index is 0.192. The number of hydrogen-bond acceptors (Lipinski definition) is 3. The summed E-state index contributed by atoms with van der Waals surface area (Å²) in [5, 5.41) is 3.22. The van der Waals surface area contributed by atoms with Crippen molar-refractivity contribution < 1.29 is 4.79 Å². The second kappa shape index (κ2) is 4.61. The summed E-state index contributed by atoms with van der Waals surface area (Å²) in [4.78, 5) is 19.7. The van der Waals surface area contributed by atoms with Gasteiger partial charge >= 0.3 is 0 Å². The lowest BCUT2D eigenvalue weighted by Gasteiger charge is -2.17. The molecule has 5 heteroatoms. The van der Waals surface area contributed by atoms with Crippen LogP contribution in [0.25, 0.3) is 0 Å². The van der Waals surface area contributed by atoms with Gasteiger partial charge in [0.1, 0.15) is 10.8 Å². The zero-order chi connectivity index (χ0) is 12.5. The number of rotatable bonds is 2. The molecule has 0 bridgehead atoms. The van der Waals surface area contributed by atoms with Gasteiger partial charge in [0.15, 0.2) is 0 Å². The second-order valence-corrected chi connectivity index (χ2v) is 5.69. The van der Waals surface area contributed by atoms with Crippen molar-refractivity contribution in [1.82, 2.24) is 15.3 Å². The third-order valence-electron chi connectivity index (χ3n) is 3.14. The molecule has 2 rings (SSSR count). The summed E-state index contributed by atoms with van der Waals surface area (Å²) in [7, 11) is 0. The number of amides is 1. The molecule has 1 aliphatic rings. The SMILES string of the molecule is CC1(C)CCC(NC(=O)c2cncc(Cl)n2)C1. The Morgan fingerprint density at radius 1 is 1.53 bits per heavy atom. The quantitative estimate of drug-likeness (QED) is 0.881. The number of nitrogens with one attached hydrogen (secondary N) is 1. The summed E-state index contributed by atoms with van der Waals surface area (Å²) in [6, 6.07) is 0.235. The van der Waals surface area contributed by atoms with Crippen molar-refractivity contribution in [1.29, 1.82) is 0 Å². The fraction of sp³-hybridized carbons (Fsp3) is 0.583. The lowest BCUT2D eigenvalue weighted by molar-refractivity contribution is 0.0930. The topological polar surface area (TPSA) is 54.9 Å². The predicted molar refractivity (Wildman–Crippen MR) is 65.9 cm³/mol. The molecular weight excluding hydrogens is 238 g/mol. The van der Waals surface area contributed by atoms with Crippen LogP contribution in [0.5, 0.6) is 0 Å². The van der Waals surface area contributed by atoms with Crippen molar-refractivity contribution in [3.8, 4) is 0 Å². The number of halogens is 1. The molecule has 1 unspecified atom stereocenters.